The Balaban J connectivity index is 1.83. The molecule has 1 atom stereocenters. The molecule has 1 unspecified atom stereocenters. The Morgan fingerprint density at radius 2 is 2.26 bits per heavy atom. The molecular formula is C14H22N2O3. The van der Waals surface area contributed by atoms with Gasteiger partial charge in [-0.2, -0.15) is 0 Å². The van der Waals surface area contributed by atoms with Crippen LogP contribution in [0.2, 0.25) is 0 Å². The lowest BCUT2D eigenvalue weighted by Gasteiger charge is -2.27. The fourth-order valence-corrected chi connectivity index (χ4v) is 2.38. The van der Waals surface area contributed by atoms with Crippen molar-refractivity contribution in [3.8, 4) is 0 Å². The molecule has 2 aliphatic heterocycles. The molecule has 1 saturated heterocycles. The van der Waals surface area contributed by atoms with E-state index in [0.29, 0.717) is 18.9 Å². The van der Waals surface area contributed by atoms with Crippen molar-refractivity contribution < 1.29 is 14.6 Å². The summed E-state index contributed by atoms with van der Waals surface area (Å²) >= 11 is 0. The van der Waals surface area contributed by atoms with Gasteiger partial charge in [-0.05, 0) is 37.8 Å². The van der Waals surface area contributed by atoms with E-state index in [0.717, 1.165) is 31.8 Å². The van der Waals surface area contributed by atoms with Gasteiger partial charge in [0.25, 0.3) is 0 Å². The first-order valence-corrected chi connectivity index (χ1v) is 6.90. The van der Waals surface area contributed by atoms with Crippen molar-refractivity contribution in [2.24, 2.45) is 5.92 Å². The van der Waals surface area contributed by atoms with Crippen LogP contribution in [0.25, 0.3) is 0 Å². The number of nitrogens with zero attached hydrogens (tertiary/aromatic N) is 1. The second kappa shape index (κ2) is 6.73. The number of rotatable bonds is 4. The van der Waals surface area contributed by atoms with Gasteiger partial charge in [-0.25, -0.2) is 0 Å². The van der Waals surface area contributed by atoms with Crippen LogP contribution in [0.1, 0.15) is 26.2 Å². The van der Waals surface area contributed by atoms with Crippen LogP contribution in [-0.4, -0.2) is 41.9 Å². The minimum absolute atomic E-state index is 0.0373. The third-order valence-corrected chi connectivity index (χ3v) is 3.56. The lowest BCUT2D eigenvalue weighted by atomic mass is 9.96. The molecule has 5 nitrogen and oxygen atoms in total. The zero-order chi connectivity index (χ0) is 13.7. The molecule has 106 valence electrons. The van der Waals surface area contributed by atoms with Crippen molar-refractivity contribution in [2.75, 3.05) is 19.8 Å². The normalized spacial score (nSPS) is 24.2. The van der Waals surface area contributed by atoms with Crippen molar-refractivity contribution in [2.45, 2.75) is 32.4 Å². The highest BCUT2D eigenvalue weighted by Gasteiger charge is 2.19. The molecule has 0 spiro atoms. The number of amides is 1. The minimum Gasteiger partial charge on any atom is -0.381 e. The minimum atomic E-state index is -0.596. The predicted molar refractivity (Wildman–Crippen MR) is 71.9 cm³/mol. The number of nitrogens with one attached hydrogen (secondary N) is 1. The number of allylic oxidation sites excluding steroid dienone is 1. The van der Waals surface area contributed by atoms with Crippen molar-refractivity contribution >= 4 is 5.91 Å². The summed E-state index contributed by atoms with van der Waals surface area (Å²) in [6.07, 6.45) is 7.08. The summed E-state index contributed by atoms with van der Waals surface area (Å²) in [6, 6.07) is 0. The average Bonchev–Trinajstić information content (AvgIpc) is 2.42. The van der Waals surface area contributed by atoms with Gasteiger partial charge in [0, 0.05) is 32.4 Å². The van der Waals surface area contributed by atoms with Gasteiger partial charge < -0.3 is 20.1 Å². The quantitative estimate of drug-likeness (QED) is 0.796. The molecule has 19 heavy (non-hydrogen) atoms. The Kier molecular flexibility index (Phi) is 4.99. The van der Waals surface area contributed by atoms with Crippen LogP contribution >= 0.6 is 0 Å². The maximum Gasteiger partial charge on any atom is 0.224 e. The fraction of sp³-hybridized carbons (Fsp3) is 0.643. The summed E-state index contributed by atoms with van der Waals surface area (Å²) in [5.41, 5.74) is 0.740. The number of carbonyl (C=O) groups is 1. The summed E-state index contributed by atoms with van der Waals surface area (Å²) in [6.45, 7) is 4.18. The molecule has 1 amide bonds. The van der Waals surface area contributed by atoms with E-state index in [1.54, 1.807) is 23.3 Å². The Labute approximate surface area is 113 Å². The number of aliphatic hydroxyl groups excluding tert-OH is 1. The molecular weight excluding hydrogens is 244 g/mol. The molecule has 1 fully saturated rings. The first-order chi connectivity index (χ1) is 9.19. The van der Waals surface area contributed by atoms with Crippen molar-refractivity contribution in [3.63, 3.8) is 0 Å². The second-order valence-corrected chi connectivity index (χ2v) is 5.00. The summed E-state index contributed by atoms with van der Waals surface area (Å²) in [7, 11) is 0. The van der Waals surface area contributed by atoms with Crippen molar-refractivity contribution in [1.29, 1.82) is 0 Å². The highest BCUT2D eigenvalue weighted by molar-refractivity contribution is 5.78. The summed E-state index contributed by atoms with van der Waals surface area (Å²) < 4.78 is 5.28. The molecule has 0 radical (unpaired) electrons. The van der Waals surface area contributed by atoms with E-state index in [1.165, 1.54) is 0 Å². The standard InChI is InChI=1S/C14H22N2O3/c1-2-16-10-12(3-4-14(16)18)15-13(17)9-11-5-7-19-8-6-11/h3-4,10-11,14,18H,2,5-9H2,1H3,(H,15,17). The van der Waals surface area contributed by atoms with E-state index in [2.05, 4.69) is 5.32 Å². The Bertz CT molecular complexity index is 373. The number of aliphatic hydroxyl groups is 1. The molecule has 0 aromatic heterocycles. The van der Waals surface area contributed by atoms with E-state index in [4.69, 9.17) is 4.74 Å². The monoisotopic (exact) mass is 266 g/mol. The van der Waals surface area contributed by atoms with Gasteiger partial charge in [-0.3, -0.25) is 4.79 Å². The zero-order valence-corrected chi connectivity index (χ0v) is 11.3. The van der Waals surface area contributed by atoms with Crippen LogP contribution in [-0.2, 0) is 9.53 Å². The van der Waals surface area contributed by atoms with Gasteiger partial charge in [0.2, 0.25) is 5.91 Å². The van der Waals surface area contributed by atoms with Gasteiger partial charge in [0.05, 0.1) is 5.70 Å². The predicted octanol–water partition coefficient (Wildman–Crippen LogP) is 0.971. The largest absolute Gasteiger partial charge is 0.381 e. The van der Waals surface area contributed by atoms with Crippen LogP contribution in [0, 0.1) is 5.92 Å². The maximum atomic E-state index is 11.9. The number of carbonyl (C=O) groups excluding carboxylic acids is 1. The van der Waals surface area contributed by atoms with Gasteiger partial charge >= 0.3 is 0 Å². The van der Waals surface area contributed by atoms with Gasteiger partial charge in [0.15, 0.2) is 0 Å². The highest BCUT2D eigenvalue weighted by Crippen LogP contribution is 2.18. The van der Waals surface area contributed by atoms with E-state index in [-0.39, 0.29) is 5.91 Å². The summed E-state index contributed by atoms with van der Waals surface area (Å²) in [5, 5.41) is 12.5. The Morgan fingerprint density at radius 3 is 2.95 bits per heavy atom. The number of hydrogen-bond donors (Lipinski definition) is 2. The Morgan fingerprint density at radius 1 is 1.53 bits per heavy atom. The van der Waals surface area contributed by atoms with E-state index < -0.39 is 6.23 Å². The van der Waals surface area contributed by atoms with Crippen LogP contribution < -0.4 is 5.32 Å². The van der Waals surface area contributed by atoms with Gasteiger partial charge in [0.1, 0.15) is 6.23 Å². The average molecular weight is 266 g/mol. The summed E-state index contributed by atoms with van der Waals surface area (Å²) in [4.78, 5) is 13.7. The molecule has 0 aromatic rings. The highest BCUT2D eigenvalue weighted by atomic mass is 16.5. The SMILES string of the molecule is CCN1C=C(NC(=O)CC2CCOCC2)C=CC1O. The van der Waals surface area contributed by atoms with Crippen LogP contribution in [0.4, 0.5) is 0 Å². The molecule has 2 rings (SSSR count). The van der Waals surface area contributed by atoms with Gasteiger partial charge in [-0.15, -0.1) is 0 Å². The lowest BCUT2D eigenvalue weighted by Crippen LogP contribution is -2.34. The molecule has 2 heterocycles. The first kappa shape index (κ1) is 14.1. The number of hydrogen-bond acceptors (Lipinski definition) is 4. The summed E-state index contributed by atoms with van der Waals surface area (Å²) in [5.74, 6) is 0.463. The zero-order valence-electron chi connectivity index (χ0n) is 11.3. The smallest absolute Gasteiger partial charge is 0.224 e. The fourth-order valence-electron chi connectivity index (χ4n) is 2.38. The molecule has 2 N–H and O–H groups in total. The molecule has 5 heteroatoms. The molecule has 0 saturated carbocycles. The van der Waals surface area contributed by atoms with Crippen LogP contribution in [0.15, 0.2) is 24.0 Å². The molecule has 0 aliphatic carbocycles. The topological polar surface area (TPSA) is 61.8 Å². The third kappa shape index (κ3) is 4.08. The number of ether oxygens (including phenoxy) is 1. The van der Waals surface area contributed by atoms with Crippen LogP contribution in [0.3, 0.4) is 0 Å². The van der Waals surface area contributed by atoms with E-state index in [1.807, 2.05) is 6.92 Å². The molecule has 0 aromatic carbocycles. The van der Waals surface area contributed by atoms with Crippen molar-refractivity contribution in [1.82, 2.24) is 10.2 Å². The van der Waals surface area contributed by atoms with E-state index >= 15 is 0 Å². The van der Waals surface area contributed by atoms with Crippen LogP contribution in [0.5, 0.6) is 0 Å². The maximum absolute atomic E-state index is 11.9. The first-order valence-electron chi connectivity index (χ1n) is 6.90. The second-order valence-electron chi connectivity index (χ2n) is 5.00. The number of likely N-dealkylation sites (N-methyl/N-ethyl adjacent to an activating group) is 1. The Hall–Kier alpha value is -1.33. The lowest BCUT2D eigenvalue weighted by molar-refractivity contribution is -0.121. The third-order valence-electron chi connectivity index (χ3n) is 3.56. The molecule has 2 aliphatic rings. The molecule has 0 bridgehead atoms. The van der Waals surface area contributed by atoms with Crippen molar-refractivity contribution in [3.05, 3.63) is 24.0 Å². The van der Waals surface area contributed by atoms with E-state index in [9.17, 15) is 9.90 Å². The van der Waals surface area contributed by atoms with Gasteiger partial charge in [-0.1, -0.05) is 0 Å².